The molecule has 1 aliphatic heterocycles. The SMILES string of the molecule is O=C(/C=C/c1ccc(OCc2cccnc2)cc1)NCC(=O)N1CCN(c2ccc(Cl)cc2)CC1. The van der Waals surface area contributed by atoms with Gasteiger partial charge in [-0.3, -0.25) is 14.6 Å². The van der Waals surface area contributed by atoms with E-state index in [0.29, 0.717) is 24.7 Å². The first-order chi connectivity index (χ1) is 17.1. The molecule has 2 amide bonds. The molecule has 0 atom stereocenters. The summed E-state index contributed by atoms with van der Waals surface area (Å²) in [7, 11) is 0. The summed E-state index contributed by atoms with van der Waals surface area (Å²) in [5, 5.41) is 3.38. The van der Waals surface area contributed by atoms with Crippen LogP contribution in [0, 0.1) is 0 Å². The fourth-order valence-corrected chi connectivity index (χ4v) is 3.82. The molecule has 0 radical (unpaired) electrons. The van der Waals surface area contributed by atoms with Crippen LogP contribution in [-0.4, -0.2) is 54.4 Å². The van der Waals surface area contributed by atoms with Crippen molar-refractivity contribution in [3.05, 3.63) is 95.3 Å². The van der Waals surface area contributed by atoms with E-state index in [-0.39, 0.29) is 18.4 Å². The minimum atomic E-state index is -0.310. The number of amides is 2. The number of halogens is 1. The molecule has 1 fully saturated rings. The molecule has 8 heteroatoms. The van der Waals surface area contributed by atoms with E-state index in [1.807, 2.05) is 60.7 Å². The summed E-state index contributed by atoms with van der Waals surface area (Å²) in [5.74, 6) is 0.338. The van der Waals surface area contributed by atoms with E-state index >= 15 is 0 Å². The molecule has 0 spiro atoms. The number of nitrogens with one attached hydrogen (secondary N) is 1. The van der Waals surface area contributed by atoms with Gasteiger partial charge in [0.1, 0.15) is 12.4 Å². The summed E-state index contributed by atoms with van der Waals surface area (Å²) in [4.78, 5) is 32.7. The first kappa shape index (κ1) is 24.3. The third kappa shape index (κ3) is 7.32. The van der Waals surface area contributed by atoms with Crippen molar-refractivity contribution in [3.63, 3.8) is 0 Å². The van der Waals surface area contributed by atoms with Gasteiger partial charge in [-0.2, -0.15) is 0 Å². The van der Waals surface area contributed by atoms with Crippen molar-refractivity contribution in [2.45, 2.75) is 6.61 Å². The fraction of sp³-hybridized carbons (Fsp3) is 0.222. The number of aromatic nitrogens is 1. The van der Waals surface area contributed by atoms with Gasteiger partial charge in [0, 0.05) is 60.9 Å². The van der Waals surface area contributed by atoms with Gasteiger partial charge in [0.25, 0.3) is 0 Å². The van der Waals surface area contributed by atoms with Crippen LogP contribution in [0.3, 0.4) is 0 Å². The maximum atomic E-state index is 12.5. The van der Waals surface area contributed by atoms with Crippen LogP contribution < -0.4 is 15.0 Å². The maximum Gasteiger partial charge on any atom is 0.244 e. The molecule has 1 aliphatic rings. The minimum Gasteiger partial charge on any atom is -0.489 e. The number of ether oxygens (including phenoxy) is 1. The number of hydrogen-bond donors (Lipinski definition) is 1. The Labute approximate surface area is 210 Å². The second-order valence-electron chi connectivity index (χ2n) is 8.11. The number of rotatable bonds is 8. The van der Waals surface area contributed by atoms with Crippen molar-refractivity contribution in [3.8, 4) is 5.75 Å². The van der Waals surface area contributed by atoms with Gasteiger partial charge >= 0.3 is 0 Å². The van der Waals surface area contributed by atoms with Crippen molar-refractivity contribution in [1.82, 2.24) is 15.2 Å². The Balaban J connectivity index is 1.17. The molecule has 35 heavy (non-hydrogen) atoms. The van der Waals surface area contributed by atoms with Crippen molar-refractivity contribution in [2.24, 2.45) is 0 Å². The lowest BCUT2D eigenvalue weighted by Crippen LogP contribution is -2.51. The smallest absolute Gasteiger partial charge is 0.244 e. The number of carbonyl (C=O) groups excluding carboxylic acids is 2. The third-order valence-corrected chi connectivity index (χ3v) is 5.93. The molecule has 1 aromatic heterocycles. The van der Waals surface area contributed by atoms with Crippen LogP contribution >= 0.6 is 11.6 Å². The molecular formula is C27H27ClN4O3. The van der Waals surface area contributed by atoms with Crippen molar-refractivity contribution >= 4 is 35.2 Å². The van der Waals surface area contributed by atoms with E-state index in [1.54, 1.807) is 23.4 Å². The van der Waals surface area contributed by atoms with Crippen LogP contribution in [0.15, 0.2) is 79.1 Å². The summed E-state index contributed by atoms with van der Waals surface area (Å²) < 4.78 is 5.74. The second-order valence-corrected chi connectivity index (χ2v) is 8.55. The molecule has 4 rings (SSSR count). The zero-order valence-corrected chi connectivity index (χ0v) is 20.0. The van der Waals surface area contributed by atoms with Crippen LogP contribution in [0.5, 0.6) is 5.75 Å². The molecule has 2 aromatic carbocycles. The Kier molecular flexibility index (Phi) is 8.35. The number of anilines is 1. The molecule has 0 unspecified atom stereocenters. The lowest BCUT2D eigenvalue weighted by atomic mass is 10.2. The Morgan fingerprint density at radius 2 is 1.74 bits per heavy atom. The summed E-state index contributed by atoms with van der Waals surface area (Å²) >= 11 is 5.95. The van der Waals surface area contributed by atoms with Gasteiger partial charge in [0.15, 0.2) is 0 Å². The van der Waals surface area contributed by atoms with Gasteiger partial charge in [-0.25, -0.2) is 0 Å². The number of pyridine rings is 1. The number of piperazine rings is 1. The number of benzene rings is 2. The lowest BCUT2D eigenvalue weighted by molar-refractivity contribution is -0.132. The molecular weight excluding hydrogens is 464 g/mol. The summed E-state index contributed by atoms with van der Waals surface area (Å²) in [5.41, 5.74) is 2.94. The highest BCUT2D eigenvalue weighted by molar-refractivity contribution is 6.30. The monoisotopic (exact) mass is 490 g/mol. The van der Waals surface area contributed by atoms with E-state index in [1.165, 1.54) is 6.08 Å². The molecule has 1 saturated heterocycles. The van der Waals surface area contributed by atoms with Crippen LogP contribution in [-0.2, 0) is 16.2 Å². The van der Waals surface area contributed by atoms with Crippen LogP contribution in [0.2, 0.25) is 5.02 Å². The van der Waals surface area contributed by atoms with E-state index in [9.17, 15) is 9.59 Å². The topological polar surface area (TPSA) is 74.8 Å². The summed E-state index contributed by atoms with van der Waals surface area (Å²) in [6, 6.07) is 18.9. The van der Waals surface area contributed by atoms with E-state index in [4.69, 9.17) is 16.3 Å². The van der Waals surface area contributed by atoms with Crippen molar-refractivity contribution in [2.75, 3.05) is 37.6 Å². The second kappa shape index (κ2) is 12.0. The largest absolute Gasteiger partial charge is 0.489 e. The standard InChI is InChI=1S/C27H27ClN4O3/c28-23-6-8-24(9-7-23)31-14-16-32(17-15-31)27(34)19-30-26(33)12-5-21-3-10-25(11-4-21)35-20-22-2-1-13-29-18-22/h1-13,18H,14-17,19-20H2,(H,30,33)/b12-5+. The normalized spacial score (nSPS) is 13.6. The van der Waals surface area contributed by atoms with Gasteiger partial charge in [0.2, 0.25) is 11.8 Å². The number of carbonyl (C=O) groups is 2. The first-order valence-electron chi connectivity index (χ1n) is 11.4. The van der Waals surface area contributed by atoms with Gasteiger partial charge in [-0.1, -0.05) is 29.8 Å². The Morgan fingerprint density at radius 3 is 2.43 bits per heavy atom. The highest BCUT2D eigenvalue weighted by Crippen LogP contribution is 2.19. The predicted molar refractivity (Wildman–Crippen MR) is 137 cm³/mol. The maximum absolute atomic E-state index is 12.5. The van der Waals surface area contributed by atoms with Crippen LogP contribution in [0.4, 0.5) is 5.69 Å². The number of hydrogen-bond acceptors (Lipinski definition) is 5. The molecule has 2 heterocycles. The summed E-state index contributed by atoms with van der Waals surface area (Å²) in [6.45, 7) is 3.12. The molecule has 0 saturated carbocycles. The Bertz CT molecular complexity index is 1140. The molecule has 1 N–H and O–H groups in total. The minimum absolute atomic E-state index is 0.0226. The zero-order chi connectivity index (χ0) is 24.5. The van der Waals surface area contributed by atoms with Gasteiger partial charge < -0.3 is 19.9 Å². The van der Waals surface area contributed by atoms with Crippen molar-refractivity contribution < 1.29 is 14.3 Å². The first-order valence-corrected chi connectivity index (χ1v) is 11.8. The van der Waals surface area contributed by atoms with Crippen LogP contribution in [0.1, 0.15) is 11.1 Å². The van der Waals surface area contributed by atoms with E-state index < -0.39 is 0 Å². The van der Waals surface area contributed by atoms with Crippen molar-refractivity contribution in [1.29, 1.82) is 0 Å². The highest BCUT2D eigenvalue weighted by atomic mass is 35.5. The third-order valence-electron chi connectivity index (χ3n) is 5.67. The van der Waals surface area contributed by atoms with E-state index in [0.717, 1.165) is 35.7 Å². The van der Waals surface area contributed by atoms with Gasteiger partial charge in [0.05, 0.1) is 6.54 Å². The number of nitrogens with zero attached hydrogens (tertiary/aromatic N) is 3. The zero-order valence-electron chi connectivity index (χ0n) is 19.3. The van der Waals surface area contributed by atoms with Gasteiger partial charge in [-0.05, 0) is 54.1 Å². The quantitative estimate of drug-likeness (QED) is 0.486. The molecule has 7 nitrogen and oxygen atoms in total. The Hall–Kier alpha value is -3.84. The van der Waals surface area contributed by atoms with Crippen LogP contribution in [0.25, 0.3) is 6.08 Å². The average Bonchev–Trinajstić information content (AvgIpc) is 2.91. The Morgan fingerprint density at radius 1 is 1.00 bits per heavy atom. The fourth-order valence-electron chi connectivity index (χ4n) is 3.70. The average molecular weight is 491 g/mol. The molecule has 3 aromatic rings. The van der Waals surface area contributed by atoms with Gasteiger partial charge in [-0.15, -0.1) is 0 Å². The molecule has 180 valence electrons. The molecule has 0 bridgehead atoms. The van der Waals surface area contributed by atoms with E-state index in [2.05, 4.69) is 15.2 Å². The highest BCUT2D eigenvalue weighted by Gasteiger charge is 2.21. The summed E-state index contributed by atoms with van der Waals surface area (Å²) in [6.07, 6.45) is 6.62. The lowest BCUT2D eigenvalue weighted by Gasteiger charge is -2.36. The predicted octanol–water partition coefficient (Wildman–Crippen LogP) is 3.79. The molecule has 0 aliphatic carbocycles.